The van der Waals surface area contributed by atoms with Gasteiger partial charge in [0.1, 0.15) is 6.04 Å². The Hall–Kier alpha value is -1.26. The fourth-order valence-electron chi connectivity index (χ4n) is 0.861. The Morgan fingerprint density at radius 2 is 2.29 bits per heavy atom. The van der Waals surface area contributed by atoms with Gasteiger partial charge in [-0.2, -0.15) is 0 Å². The average molecular weight is 200 g/mol. The molecule has 0 aromatic heterocycles. The van der Waals surface area contributed by atoms with Crippen molar-refractivity contribution in [2.24, 2.45) is 11.0 Å². The Balaban J connectivity index is 4.09. The van der Waals surface area contributed by atoms with Crippen LogP contribution in [0.4, 0.5) is 0 Å². The Morgan fingerprint density at radius 3 is 2.71 bits per heavy atom. The minimum absolute atomic E-state index is 0.0793. The van der Waals surface area contributed by atoms with Crippen molar-refractivity contribution in [1.82, 2.24) is 5.32 Å². The molecule has 1 atom stereocenters. The number of azide groups is 1. The molecule has 0 spiro atoms. The van der Waals surface area contributed by atoms with Crippen molar-refractivity contribution in [2.75, 3.05) is 20.2 Å². The molecule has 0 fully saturated rings. The summed E-state index contributed by atoms with van der Waals surface area (Å²) in [5.41, 5.74) is 8.13. The molecule has 0 saturated carbocycles. The smallest absolute Gasteiger partial charge is 0.322 e. The van der Waals surface area contributed by atoms with E-state index in [2.05, 4.69) is 20.1 Å². The quantitative estimate of drug-likeness (QED) is 0.301. The lowest BCUT2D eigenvalue weighted by Crippen LogP contribution is -2.41. The van der Waals surface area contributed by atoms with Crippen LogP contribution in [0.2, 0.25) is 0 Å². The standard InChI is InChI=1S/C8H16N4O2/c1-6(2)4-10-7(5-11-12-9)8(13)14-3/h6-7,10H,4-5H2,1-3H3. The number of nitrogens with one attached hydrogen (secondary N) is 1. The van der Waals surface area contributed by atoms with E-state index in [1.165, 1.54) is 7.11 Å². The van der Waals surface area contributed by atoms with Crippen LogP contribution in [-0.4, -0.2) is 32.2 Å². The Labute approximate surface area is 83.3 Å². The van der Waals surface area contributed by atoms with Gasteiger partial charge in [-0.05, 0) is 18.0 Å². The molecule has 0 rings (SSSR count). The van der Waals surface area contributed by atoms with Gasteiger partial charge in [0.25, 0.3) is 0 Å². The van der Waals surface area contributed by atoms with Crippen molar-refractivity contribution in [3.8, 4) is 0 Å². The number of rotatable bonds is 6. The highest BCUT2D eigenvalue weighted by molar-refractivity contribution is 5.75. The molecule has 0 aromatic rings. The zero-order chi connectivity index (χ0) is 11.0. The van der Waals surface area contributed by atoms with Gasteiger partial charge in [0, 0.05) is 4.91 Å². The summed E-state index contributed by atoms with van der Waals surface area (Å²) in [7, 11) is 1.31. The van der Waals surface area contributed by atoms with Gasteiger partial charge >= 0.3 is 5.97 Å². The molecular formula is C8H16N4O2. The highest BCUT2D eigenvalue weighted by Gasteiger charge is 2.17. The molecule has 1 unspecified atom stereocenters. The minimum Gasteiger partial charge on any atom is -0.468 e. The van der Waals surface area contributed by atoms with Gasteiger partial charge in [0.2, 0.25) is 0 Å². The van der Waals surface area contributed by atoms with E-state index in [9.17, 15) is 4.79 Å². The Bertz CT molecular complexity index is 223. The van der Waals surface area contributed by atoms with E-state index >= 15 is 0 Å². The van der Waals surface area contributed by atoms with Crippen molar-refractivity contribution in [1.29, 1.82) is 0 Å². The third-order valence-corrected chi connectivity index (χ3v) is 1.59. The van der Waals surface area contributed by atoms with E-state index in [-0.39, 0.29) is 6.54 Å². The van der Waals surface area contributed by atoms with E-state index in [1.54, 1.807) is 0 Å². The molecule has 80 valence electrons. The van der Waals surface area contributed by atoms with E-state index in [0.29, 0.717) is 12.5 Å². The van der Waals surface area contributed by atoms with Crippen LogP contribution in [-0.2, 0) is 9.53 Å². The van der Waals surface area contributed by atoms with Crippen LogP contribution in [0, 0.1) is 5.92 Å². The molecule has 0 aliphatic rings. The molecule has 0 radical (unpaired) electrons. The van der Waals surface area contributed by atoms with Gasteiger partial charge in [-0.15, -0.1) is 0 Å². The predicted octanol–water partition coefficient (Wildman–Crippen LogP) is 1.08. The average Bonchev–Trinajstić information content (AvgIpc) is 2.16. The fraction of sp³-hybridized carbons (Fsp3) is 0.875. The van der Waals surface area contributed by atoms with Crippen molar-refractivity contribution < 1.29 is 9.53 Å². The van der Waals surface area contributed by atoms with Crippen molar-refractivity contribution in [3.05, 3.63) is 10.4 Å². The topological polar surface area (TPSA) is 87.1 Å². The monoisotopic (exact) mass is 200 g/mol. The number of carbonyl (C=O) groups excluding carboxylic acids is 1. The number of hydrogen-bond donors (Lipinski definition) is 1. The van der Waals surface area contributed by atoms with E-state index in [0.717, 1.165) is 0 Å². The third kappa shape index (κ3) is 5.40. The molecule has 0 aliphatic heterocycles. The second kappa shape index (κ2) is 7.17. The lowest BCUT2D eigenvalue weighted by Gasteiger charge is -2.15. The van der Waals surface area contributed by atoms with Crippen LogP contribution in [0.15, 0.2) is 5.11 Å². The maximum Gasteiger partial charge on any atom is 0.322 e. The number of ether oxygens (including phenoxy) is 1. The molecule has 0 amide bonds. The normalized spacial score (nSPS) is 12.0. The summed E-state index contributed by atoms with van der Waals surface area (Å²) in [5.74, 6) is 0.0197. The summed E-state index contributed by atoms with van der Waals surface area (Å²) in [6, 6.07) is -0.543. The van der Waals surface area contributed by atoms with Crippen LogP contribution in [0.5, 0.6) is 0 Å². The Kier molecular flexibility index (Phi) is 6.53. The SMILES string of the molecule is COC(=O)C(CN=[N+]=[N-])NCC(C)C. The molecule has 0 aliphatic carbocycles. The number of nitrogens with zero attached hydrogens (tertiary/aromatic N) is 3. The molecule has 0 heterocycles. The molecular weight excluding hydrogens is 184 g/mol. The van der Waals surface area contributed by atoms with Crippen LogP contribution >= 0.6 is 0 Å². The summed E-state index contributed by atoms with van der Waals surface area (Å²) in [4.78, 5) is 13.8. The Morgan fingerprint density at radius 1 is 1.64 bits per heavy atom. The predicted molar refractivity (Wildman–Crippen MR) is 52.7 cm³/mol. The van der Waals surface area contributed by atoms with Crippen molar-refractivity contribution >= 4 is 5.97 Å². The molecule has 6 nitrogen and oxygen atoms in total. The lowest BCUT2D eigenvalue weighted by molar-refractivity contribution is -0.142. The van der Waals surface area contributed by atoms with E-state index < -0.39 is 12.0 Å². The van der Waals surface area contributed by atoms with Crippen molar-refractivity contribution in [2.45, 2.75) is 19.9 Å². The van der Waals surface area contributed by atoms with E-state index in [4.69, 9.17) is 5.53 Å². The van der Waals surface area contributed by atoms with E-state index in [1.807, 2.05) is 13.8 Å². The molecule has 14 heavy (non-hydrogen) atoms. The maximum atomic E-state index is 11.2. The first kappa shape index (κ1) is 12.7. The van der Waals surface area contributed by atoms with Gasteiger partial charge in [0.15, 0.2) is 0 Å². The van der Waals surface area contributed by atoms with Crippen LogP contribution in [0.25, 0.3) is 10.4 Å². The second-order valence-corrected chi connectivity index (χ2v) is 3.29. The number of carbonyl (C=O) groups is 1. The largest absolute Gasteiger partial charge is 0.468 e. The molecule has 6 heteroatoms. The number of esters is 1. The molecule has 0 aromatic carbocycles. The first-order chi connectivity index (χ1) is 6.61. The maximum absolute atomic E-state index is 11.2. The van der Waals surface area contributed by atoms with Crippen LogP contribution < -0.4 is 5.32 Å². The first-order valence-electron chi connectivity index (χ1n) is 4.43. The summed E-state index contributed by atoms with van der Waals surface area (Å²) in [6.45, 7) is 4.81. The summed E-state index contributed by atoms with van der Waals surface area (Å²) >= 11 is 0. The van der Waals surface area contributed by atoms with Crippen LogP contribution in [0.1, 0.15) is 13.8 Å². The van der Waals surface area contributed by atoms with Gasteiger partial charge < -0.3 is 10.1 Å². The number of methoxy groups -OCH3 is 1. The molecule has 1 N–H and O–H groups in total. The lowest BCUT2D eigenvalue weighted by atomic mass is 10.2. The summed E-state index contributed by atoms with van der Waals surface area (Å²) in [6.07, 6.45) is 0. The molecule has 0 bridgehead atoms. The van der Waals surface area contributed by atoms with Crippen LogP contribution in [0.3, 0.4) is 0 Å². The fourth-order valence-corrected chi connectivity index (χ4v) is 0.861. The zero-order valence-corrected chi connectivity index (χ0v) is 8.73. The summed E-state index contributed by atoms with van der Waals surface area (Å²) < 4.78 is 4.56. The number of hydrogen-bond acceptors (Lipinski definition) is 4. The summed E-state index contributed by atoms with van der Waals surface area (Å²) in [5, 5.41) is 6.30. The van der Waals surface area contributed by atoms with Crippen molar-refractivity contribution in [3.63, 3.8) is 0 Å². The van der Waals surface area contributed by atoms with Gasteiger partial charge in [-0.1, -0.05) is 19.0 Å². The second-order valence-electron chi connectivity index (χ2n) is 3.29. The highest BCUT2D eigenvalue weighted by atomic mass is 16.5. The highest BCUT2D eigenvalue weighted by Crippen LogP contribution is 1.94. The van der Waals surface area contributed by atoms with Gasteiger partial charge in [-0.3, -0.25) is 4.79 Å². The van der Waals surface area contributed by atoms with Gasteiger partial charge in [-0.25, -0.2) is 0 Å². The zero-order valence-electron chi connectivity index (χ0n) is 8.73. The molecule has 0 saturated heterocycles. The van der Waals surface area contributed by atoms with Gasteiger partial charge in [0.05, 0.1) is 13.7 Å². The minimum atomic E-state index is -0.543. The third-order valence-electron chi connectivity index (χ3n) is 1.59. The first-order valence-corrected chi connectivity index (χ1v) is 4.43.